The lowest BCUT2D eigenvalue weighted by Crippen LogP contribution is -2.37. The van der Waals surface area contributed by atoms with E-state index in [2.05, 4.69) is 17.2 Å². The van der Waals surface area contributed by atoms with E-state index < -0.39 is 0 Å². The van der Waals surface area contributed by atoms with E-state index >= 15 is 0 Å². The first-order valence-corrected chi connectivity index (χ1v) is 9.65. The zero-order valence-electron chi connectivity index (χ0n) is 15.7. The number of rotatable bonds is 6. The Hall–Kier alpha value is -2.37. The first-order valence-electron chi connectivity index (χ1n) is 9.65. The third-order valence-electron chi connectivity index (χ3n) is 5.09. The van der Waals surface area contributed by atoms with Crippen molar-refractivity contribution in [1.82, 2.24) is 19.6 Å². The van der Waals surface area contributed by atoms with Crippen LogP contribution in [0.5, 0.6) is 0 Å². The molecule has 1 aliphatic rings. The molecule has 2 amide bonds. The largest absolute Gasteiger partial charge is 0.347 e. The van der Waals surface area contributed by atoms with Crippen LogP contribution >= 0.6 is 0 Å². The molecule has 0 saturated heterocycles. The molecule has 0 spiro atoms. The minimum absolute atomic E-state index is 0.140. The minimum Gasteiger partial charge on any atom is -0.347 e. The molecule has 6 heteroatoms. The maximum absolute atomic E-state index is 12.8. The summed E-state index contributed by atoms with van der Waals surface area (Å²) in [5, 5.41) is 3.10. The van der Waals surface area contributed by atoms with Crippen LogP contribution in [0.15, 0.2) is 24.4 Å². The Balaban J connectivity index is 1.86. The highest BCUT2D eigenvalue weighted by atomic mass is 16.2. The summed E-state index contributed by atoms with van der Waals surface area (Å²) in [5.41, 5.74) is 1.02. The van der Waals surface area contributed by atoms with Gasteiger partial charge in [-0.05, 0) is 31.4 Å². The van der Waals surface area contributed by atoms with Gasteiger partial charge in [-0.2, -0.15) is 0 Å². The van der Waals surface area contributed by atoms with Gasteiger partial charge in [-0.1, -0.05) is 38.7 Å². The lowest BCUT2D eigenvalue weighted by Gasteiger charge is -2.22. The summed E-state index contributed by atoms with van der Waals surface area (Å²) in [7, 11) is 1.79. The molecular formula is C20H28N4O2. The van der Waals surface area contributed by atoms with Gasteiger partial charge in [-0.3, -0.25) is 14.0 Å². The van der Waals surface area contributed by atoms with Crippen LogP contribution in [-0.2, 0) is 0 Å². The fourth-order valence-corrected chi connectivity index (χ4v) is 3.53. The Labute approximate surface area is 154 Å². The Morgan fingerprint density at radius 3 is 2.77 bits per heavy atom. The molecule has 140 valence electrons. The van der Waals surface area contributed by atoms with Crippen molar-refractivity contribution in [1.29, 1.82) is 0 Å². The number of imidazole rings is 1. The molecule has 1 fully saturated rings. The van der Waals surface area contributed by atoms with E-state index in [-0.39, 0.29) is 17.9 Å². The number of hydrogen-bond donors (Lipinski definition) is 1. The van der Waals surface area contributed by atoms with Crippen molar-refractivity contribution in [3.63, 3.8) is 0 Å². The third kappa shape index (κ3) is 3.89. The van der Waals surface area contributed by atoms with Crippen LogP contribution in [0.1, 0.15) is 73.0 Å². The van der Waals surface area contributed by atoms with Crippen molar-refractivity contribution in [2.45, 2.75) is 57.9 Å². The van der Waals surface area contributed by atoms with Gasteiger partial charge in [0.05, 0.1) is 5.52 Å². The number of nitrogens with one attached hydrogen (secondary N) is 1. The molecular weight excluding hydrogens is 328 g/mol. The van der Waals surface area contributed by atoms with Crippen molar-refractivity contribution < 1.29 is 9.59 Å². The van der Waals surface area contributed by atoms with Crippen LogP contribution in [0.3, 0.4) is 0 Å². The van der Waals surface area contributed by atoms with E-state index in [1.807, 2.05) is 18.2 Å². The maximum Gasteiger partial charge on any atom is 0.287 e. The van der Waals surface area contributed by atoms with Crippen LogP contribution in [0.25, 0.3) is 5.52 Å². The van der Waals surface area contributed by atoms with Gasteiger partial charge in [-0.15, -0.1) is 0 Å². The van der Waals surface area contributed by atoms with Crippen molar-refractivity contribution in [3.05, 3.63) is 35.9 Å². The summed E-state index contributed by atoms with van der Waals surface area (Å²) >= 11 is 0. The van der Waals surface area contributed by atoms with Gasteiger partial charge in [0, 0.05) is 25.8 Å². The SMILES string of the molecule is CCCCN(C)C(=O)c1nc(C(=O)NC2CCCCC2)n2ccccc12. The van der Waals surface area contributed by atoms with Crippen LogP contribution in [0, 0.1) is 0 Å². The standard InChI is InChI=1S/C20H28N4O2/c1-3-4-13-23(2)20(26)17-16-12-8-9-14-24(16)18(22-17)19(25)21-15-10-6-5-7-11-15/h8-9,12,14-15H,3-7,10-11,13H2,1-2H3,(H,21,25). The molecule has 2 heterocycles. The molecule has 3 rings (SSSR count). The van der Waals surface area contributed by atoms with E-state index in [4.69, 9.17) is 0 Å². The normalized spacial score (nSPS) is 15.2. The average Bonchev–Trinajstić information content (AvgIpc) is 3.06. The molecule has 0 bridgehead atoms. The summed E-state index contributed by atoms with van der Waals surface area (Å²) in [6.07, 6.45) is 9.33. The molecule has 2 aromatic rings. The highest BCUT2D eigenvalue weighted by Crippen LogP contribution is 2.19. The van der Waals surface area contributed by atoms with Crippen molar-refractivity contribution >= 4 is 17.3 Å². The molecule has 0 atom stereocenters. The van der Waals surface area contributed by atoms with Gasteiger partial charge in [0.2, 0.25) is 5.82 Å². The zero-order chi connectivity index (χ0) is 18.5. The number of carbonyl (C=O) groups excluding carboxylic acids is 2. The molecule has 0 aliphatic heterocycles. The average molecular weight is 356 g/mol. The van der Waals surface area contributed by atoms with Crippen molar-refractivity contribution in [2.24, 2.45) is 0 Å². The molecule has 1 N–H and O–H groups in total. The number of nitrogens with zero attached hydrogens (tertiary/aromatic N) is 3. The first-order chi connectivity index (χ1) is 12.6. The fourth-order valence-electron chi connectivity index (χ4n) is 3.53. The first kappa shape index (κ1) is 18.4. The quantitative estimate of drug-likeness (QED) is 0.864. The Bertz CT molecular complexity index is 777. The predicted octanol–water partition coefficient (Wildman–Crippen LogP) is 3.27. The molecule has 26 heavy (non-hydrogen) atoms. The highest BCUT2D eigenvalue weighted by Gasteiger charge is 2.25. The van der Waals surface area contributed by atoms with Crippen LogP contribution in [-0.4, -0.2) is 45.7 Å². The lowest BCUT2D eigenvalue weighted by molar-refractivity contribution is 0.0790. The van der Waals surface area contributed by atoms with Crippen molar-refractivity contribution in [3.8, 4) is 0 Å². The number of pyridine rings is 1. The molecule has 1 aliphatic carbocycles. The summed E-state index contributed by atoms with van der Waals surface area (Å²) in [6, 6.07) is 5.76. The molecule has 2 aromatic heterocycles. The number of hydrogen-bond acceptors (Lipinski definition) is 3. The Kier molecular flexibility index (Phi) is 5.91. The van der Waals surface area contributed by atoms with E-state index in [1.165, 1.54) is 6.42 Å². The summed E-state index contributed by atoms with van der Waals surface area (Å²) in [4.78, 5) is 31.7. The Morgan fingerprint density at radius 1 is 1.27 bits per heavy atom. The van der Waals surface area contributed by atoms with Gasteiger partial charge in [0.25, 0.3) is 11.8 Å². The Morgan fingerprint density at radius 2 is 2.04 bits per heavy atom. The van der Waals surface area contributed by atoms with Crippen LogP contribution in [0.2, 0.25) is 0 Å². The fraction of sp³-hybridized carbons (Fsp3) is 0.550. The lowest BCUT2D eigenvalue weighted by atomic mass is 9.95. The van der Waals surface area contributed by atoms with Crippen LogP contribution < -0.4 is 5.32 Å². The number of carbonyl (C=O) groups is 2. The zero-order valence-corrected chi connectivity index (χ0v) is 15.7. The molecule has 0 radical (unpaired) electrons. The summed E-state index contributed by atoms with van der Waals surface area (Å²) in [5.74, 6) is -0.0503. The molecule has 0 unspecified atom stereocenters. The number of unbranched alkanes of at least 4 members (excludes halogenated alkanes) is 1. The highest BCUT2D eigenvalue weighted by molar-refractivity contribution is 6.02. The van der Waals surface area contributed by atoms with Gasteiger partial charge in [0.15, 0.2) is 5.69 Å². The summed E-state index contributed by atoms with van der Waals surface area (Å²) in [6.45, 7) is 2.78. The number of aromatic nitrogens is 2. The summed E-state index contributed by atoms with van der Waals surface area (Å²) < 4.78 is 1.72. The van der Waals surface area contributed by atoms with E-state index in [1.54, 1.807) is 22.5 Å². The second-order valence-corrected chi connectivity index (χ2v) is 7.13. The number of amides is 2. The van der Waals surface area contributed by atoms with Gasteiger partial charge < -0.3 is 10.2 Å². The molecule has 0 aromatic carbocycles. The second-order valence-electron chi connectivity index (χ2n) is 7.13. The van der Waals surface area contributed by atoms with Crippen LogP contribution in [0.4, 0.5) is 0 Å². The minimum atomic E-state index is -0.201. The van der Waals surface area contributed by atoms with Gasteiger partial charge in [0.1, 0.15) is 0 Å². The van der Waals surface area contributed by atoms with E-state index in [9.17, 15) is 9.59 Å². The van der Waals surface area contributed by atoms with E-state index in [0.717, 1.165) is 38.5 Å². The second kappa shape index (κ2) is 8.34. The van der Waals surface area contributed by atoms with Gasteiger partial charge >= 0.3 is 0 Å². The van der Waals surface area contributed by atoms with E-state index in [0.29, 0.717) is 23.6 Å². The maximum atomic E-state index is 12.8. The molecule has 6 nitrogen and oxygen atoms in total. The van der Waals surface area contributed by atoms with Crippen molar-refractivity contribution in [2.75, 3.05) is 13.6 Å². The van der Waals surface area contributed by atoms with Gasteiger partial charge in [-0.25, -0.2) is 4.98 Å². The molecule has 1 saturated carbocycles. The number of fused-ring (bicyclic) bond motifs is 1. The third-order valence-corrected chi connectivity index (χ3v) is 5.09. The smallest absolute Gasteiger partial charge is 0.287 e. The predicted molar refractivity (Wildman–Crippen MR) is 101 cm³/mol. The monoisotopic (exact) mass is 356 g/mol. The topological polar surface area (TPSA) is 66.7 Å².